The van der Waals surface area contributed by atoms with Crippen LogP contribution in [0.1, 0.15) is 48.6 Å². The van der Waals surface area contributed by atoms with E-state index in [2.05, 4.69) is 19.2 Å². The van der Waals surface area contributed by atoms with Crippen molar-refractivity contribution in [1.29, 1.82) is 0 Å². The number of hydrogen-bond donors (Lipinski definition) is 1. The molecule has 2 heteroatoms. The monoisotopic (exact) mass is 221 g/mol. The normalized spacial score (nSPS) is 32.5. The lowest BCUT2D eigenvalue weighted by Gasteiger charge is -2.13. The van der Waals surface area contributed by atoms with E-state index < -0.39 is 0 Å². The third kappa shape index (κ3) is 1.31. The average Bonchev–Trinajstić information content (AvgIpc) is 2.63. The second-order valence-electron chi connectivity index (χ2n) is 5.62. The molecule has 0 bridgehead atoms. The van der Waals surface area contributed by atoms with Crippen molar-refractivity contribution in [1.82, 2.24) is 0 Å². The fraction of sp³-hybridized carbons (Fsp3) is 0.692. The standard InChI is InChI=1S/C13H19NS/c1-13(2)11(12(13)14)9-7-15-10-6-4-3-5-8(9)10/h7,11-12H,3-6,14H2,1-2H3/t11-,12-/m1/s1. The van der Waals surface area contributed by atoms with Crippen LogP contribution in [0.4, 0.5) is 0 Å². The highest BCUT2D eigenvalue weighted by Gasteiger charge is 2.57. The molecule has 1 aromatic heterocycles. The van der Waals surface area contributed by atoms with E-state index in [1.165, 1.54) is 25.7 Å². The zero-order chi connectivity index (χ0) is 10.6. The third-order valence-electron chi connectivity index (χ3n) is 4.34. The van der Waals surface area contributed by atoms with E-state index in [0.717, 1.165) is 0 Å². The van der Waals surface area contributed by atoms with Crippen molar-refractivity contribution < 1.29 is 0 Å². The van der Waals surface area contributed by atoms with Gasteiger partial charge in [-0.15, -0.1) is 11.3 Å². The molecule has 0 aromatic carbocycles. The second kappa shape index (κ2) is 3.08. The van der Waals surface area contributed by atoms with Crippen LogP contribution in [0.2, 0.25) is 0 Å². The zero-order valence-electron chi connectivity index (χ0n) is 9.55. The molecule has 1 nitrogen and oxygen atoms in total. The first-order valence-electron chi connectivity index (χ1n) is 5.97. The molecule has 15 heavy (non-hydrogen) atoms. The SMILES string of the molecule is CC1(C)[C@H](N)[C@H]1c1csc2c1CCCC2. The van der Waals surface area contributed by atoms with Crippen molar-refractivity contribution in [2.24, 2.45) is 11.1 Å². The maximum Gasteiger partial charge on any atom is 0.0172 e. The fourth-order valence-corrected chi connectivity index (χ4v) is 4.23. The lowest BCUT2D eigenvalue weighted by atomic mass is 9.92. The van der Waals surface area contributed by atoms with Gasteiger partial charge >= 0.3 is 0 Å². The molecule has 82 valence electrons. The van der Waals surface area contributed by atoms with Gasteiger partial charge in [-0.3, -0.25) is 0 Å². The van der Waals surface area contributed by atoms with E-state index in [1.54, 1.807) is 16.0 Å². The van der Waals surface area contributed by atoms with Gasteiger partial charge in [0.1, 0.15) is 0 Å². The van der Waals surface area contributed by atoms with Crippen molar-refractivity contribution in [3.05, 3.63) is 21.4 Å². The van der Waals surface area contributed by atoms with Gasteiger partial charge in [-0.05, 0) is 47.6 Å². The molecule has 1 fully saturated rings. The Bertz CT molecular complexity index is 391. The van der Waals surface area contributed by atoms with Crippen LogP contribution in [0, 0.1) is 5.41 Å². The topological polar surface area (TPSA) is 26.0 Å². The molecule has 2 aliphatic rings. The molecular formula is C13H19NS. The Hall–Kier alpha value is -0.340. The van der Waals surface area contributed by atoms with Crippen LogP contribution >= 0.6 is 11.3 Å². The summed E-state index contributed by atoms with van der Waals surface area (Å²) >= 11 is 1.97. The molecular weight excluding hydrogens is 202 g/mol. The largest absolute Gasteiger partial charge is 0.327 e. The Morgan fingerprint density at radius 2 is 2.00 bits per heavy atom. The zero-order valence-corrected chi connectivity index (χ0v) is 10.4. The van der Waals surface area contributed by atoms with E-state index >= 15 is 0 Å². The predicted octanol–water partition coefficient (Wildman–Crippen LogP) is 3.08. The Kier molecular flexibility index (Phi) is 2.02. The molecule has 0 saturated heterocycles. The van der Waals surface area contributed by atoms with Gasteiger partial charge in [0.2, 0.25) is 0 Å². The molecule has 2 aliphatic carbocycles. The summed E-state index contributed by atoms with van der Waals surface area (Å²) in [5.74, 6) is 0.635. The van der Waals surface area contributed by atoms with E-state index in [4.69, 9.17) is 5.73 Å². The highest BCUT2D eigenvalue weighted by Crippen LogP contribution is 2.59. The highest BCUT2D eigenvalue weighted by molar-refractivity contribution is 7.10. The van der Waals surface area contributed by atoms with Gasteiger partial charge in [-0.2, -0.15) is 0 Å². The summed E-state index contributed by atoms with van der Waals surface area (Å²) in [5.41, 5.74) is 9.77. The summed E-state index contributed by atoms with van der Waals surface area (Å²) in [6.45, 7) is 4.60. The van der Waals surface area contributed by atoms with Crippen LogP contribution in [-0.2, 0) is 12.8 Å². The van der Waals surface area contributed by atoms with Crippen LogP contribution < -0.4 is 5.73 Å². The van der Waals surface area contributed by atoms with Crippen LogP contribution in [0.5, 0.6) is 0 Å². The number of aryl methyl sites for hydroxylation is 1. The molecule has 0 amide bonds. The maximum atomic E-state index is 6.17. The Morgan fingerprint density at radius 1 is 1.33 bits per heavy atom. The number of hydrogen-bond acceptors (Lipinski definition) is 2. The smallest absolute Gasteiger partial charge is 0.0172 e. The first kappa shape index (κ1) is 9.86. The van der Waals surface area contributed by atoms with Crippen LogP contribution in [-0.4, -0.2) is 6.04 Å². The van der Waals surface area contributed by atoms with Gasteiger partial charge in [0.05, 0.1) is 0 Å². The van der Waals surface area contributed by atoms with Crippen molar-refractivity contribution in [3.63, 3.8) is 0 Å². The van der Waals surface area contributed by atoms with Crippen molar-refractivity contribution in [2.75, 3.05) is 0 Å². The van der Waals surface area contributed by atoms with Crippen LogP contribution in [0.3, 0.4) is 0 Å². The van der Waals surface area contributed by atoms with Crippen molar-refractivity contribution >= 4 is 11.3 Å². The molecule has 1 heterocycles. The van der Waals surface area contributed by atoms with Crippen molar-refractivity contribution in [3.8, 4) is 0 Å². The Morgan fingerprint density at radius 3 is 2.67 bits per heavy atom. The van der Waals surface area contributed by atoms with Crippen molar-refractivity contribution in [2.45, 2.75) is 51.5 Å². The molecule has 2 atom stereocenters. The Labute approximate surface area is 95.7 Å². The van der Waals surface area contributed by atoms with Gasteiger partial charge in [0, 0.05) is 16.8 Å². The molecule has 3 rings (SSSR count). The highest BCUT2D eigenvalue weighted by atomic mass is 32.1. The number of fused-ring (bicyclic) bond motifs is 1. The van der Waals surface area contributed by atoms with Gasteiger partial charge in [-0.1, -0.05) is 13.8 Å². The lowest BCUT2D eigenvalue weighted by molar-refractivity contribution is 0.596. The van der Waals surface area contributed by atoms with E-state index in [-0.39, 0.29) is 0 Å². The maximum absolute atomic E-state index is 6.17. The summed E-state index contributed by atoms with van der Waals surface area (Å²) in [7, 11) is 0. The first-order valence-corrected chi connectivity index (χ1v) is 6.85. The van der Waals surface area contributed by atoms with Crippen LogP contribution in [0.15, 0.2) is 5.38 Å². The summed E-state index contributed by atoms with van der Waals surface area (Å²) in [4.78, 5) is 1.64. The summed E-state index contributed by atoms with van der Waals surface area (Å²) in [6.07, 6.45) is 5.36. The lowest BCUT2D eigenvalue weighted by Crippen LogP contribution is -2.06. The van der Waals surface area contributed by atoms with Crippen LogP contribution in [0.25, 0.3) is 0 Å². The van der Waals surface area contributed by atoms with Gasteiger partial charge in [0.25, 0.3) is 0 Å². The van der Waals surface area contributed by atoms with Gasteiger partial charge in [-0.25, -0.2) is 0 Å². The van der Waals surface area contributed by atoms with E-state index in [1.807, 2.05) is 11.3 Å². The second-order valence-corrected chi connectivity index (χ2v) is 6.59. The van der Waals surface area contributed by atoms with Gasteiger partial charge < -0.3 is 5.73 Å². The van der Waals surface area contributed by atoms with E-state index in [0.29, 0.717) is 17.4 Å². The summed E-state index contributed by atoms with van der Waals surface area (Å²) < 4.78 is 0. The summed E-state index contributed by atoms with van der Waals surface area (Å²) in [6, 6.07) is 0.387. The summed E-state index contributed by atoms with van der Waals surface area (Å²) in [5, 5.41) is 2.38. The van der Waals surface area contributed by atoms with E-state index in [9.17, 15) is 0 Å². The molecule has 1 saturated carbocycles. The molecule has 0 radical (unpaired) electrons. The molecule has 0 aliphatic heterocycles. The minimum atomic E-state index is 0.340. The number of nitrogens with two attached hydrogens (primary N) is 1. The molecule has 0 unspecified atom stereocenters. The first-order chi connectivity index (χ1) is 7.12. The Balaban J connectivity index is 1.97. The third-order valence-corrected chi connectivity index (χ3v) is 5.45. The molecule has 0 spiro atoms. The fourth-order valence-electron chi connectivity index (χ4n) is 3.05. The minimum absolute atomic E-state index is 0.340. The molecule has 1 aromatic rings. The number of thiophene rings is 1. The number of rotatable bonds is 1. The quantitative estimate of drug-likeness (QED) is 0.775. The minimum Gasteiger partial charge on any atom is -0.327 e. The predicted molar refractivity (Wildman–Crippen MR) is 65.5 cm³/mol. The average molecular weight is 221 g/mol. The molecule has 2 N–H and O–H groups in total. The van der Waals surface area contributed by atoms with Gasteiger partial charge in [0.15, 0.2) is 0 Å².